The summed E-state index contributed by atoms with van der Waals surface area (Å²) in [6.07, 6.45) is 2.20. The summed E-state index contributed by atoms with van der Waals surface area (Å²) in [6, 6.07) is 11.4. The predicted octanol–water partition coefficient (Wildman–Crippen LogP) is 2.38. The van der Waals surface area contributed by atoms with Gasteiger partial charge in [-0.3, -0.25) is 4.90 Å². The van der Waals surface area contributed by atoms with E-state index in [-0.39, 0.29) is 0 Å². The van der Waals surface area contributed by atoms with Gasteiger partial charge in [0.25, 0.3) is 0 Å². The molecule has 1 N–H and O–H groups in total. The second-order valence-electron chi connectivity index (χ2n) is 4.67. The maximum atomic E-state index is 3.51. The van der Waals surface area contributed by atoms with Gasteiger partial charge in [0.1, 0.15) is 0 Å². The number of rotatable bonds is 4. The van der Waals surface area contributed by atoms with E-state index in [1.807, 2.05) is 11.8 Å². The first-order valence-corrected chi connectivity index (χ1v) is 7.62. The average Bonchev–Trinajstić information content (AvgIpc) is 2.40. The lowest BCUT2D eigenvalue weighted by molar-refractivity contribution is 0.164. The van der Waals surface area contributed by atoms with Crippen LogP contribution in [0.1, 0.15) is 18.5 Å². The molecule has 1 aliphatic heterocycles. The highest BCUT2D eigenvalue weighted by Gasteiger charge is 2.24. The van der Waals surface area contributed by atoms with Crippen molar-refractivity contribution < 1.29 is 0 Å². The van der Waals surface area contributed by atoms with Gasteiger partial charge in [-0.25, -0.2) is 0 Å². The topological polar surface area (TPSA) is 15.3 Å². The molecule has 2 unspecified atom stereocenters. The molecular formula is C14H22N2S. The van der Waals surface area contributed by atoms with Crippen LogP contribution in [0.15, 0.2) is 30.3 Å². The molecule has 1 aromatic carbocycles. The Morgan fingerprint density at radius 2 is 2.18 bits per heavy atom. The van der Waals surface area contributed by atoms with Crippen LogP contribution in [0.2, 0.25) is 0 Å². The maximum absolute atomic E-state index is 3.51. The van der Waals surface area contributed by atoms with Crippen LogP contribution < -0.4 is 5.32 Å². The van der Waals surface area contributed by atoms with E-state index in [2.05, 4.69) is 53.7 Å². The summed E-state index contributed by atoms with van der Waals surface area (Å²) in [5, 5.41) is 4.21. The molecule has 0 aliphatic carbocycles. The Kier molecular flexibility index (Phi) is 4.89. The summed E-state index contributed by atoms with van der Waals surface area (Å²) in [5.74, 6) is 0. The van der Waals surface area contributed by atoms with Crippen molar-refractivity contribution in [3.05, 3.63) is 35.9 Å². The van der Waals surface area contributed by atoms with E-state index < -0.39 is 0 Å². The van der Waals surface area contributed by atoms with Gasteiger partial charge in [-0.15, -0.1) is 0 Å². The summed E-state index contributed by atoms with van der Waals surface area (Å²) in [5.41, 5.74) is 1.44. The third kappa shape index (κ3) is 3.47. The number of nitrogens with one attached hydrogen (secondary N) is 1. The van der Waals surface area contributed by atoms with Gasteiger partial charge in [0.2, 0.25) is 0 Å². The largest absolute Gasteiger partial charge is 0.314 e. The Morgan fingerprint density at radius 3 is 2.88 bits per heavy atom. The zero-order valence-corrected chi connectivity index (χ0v) is 11.5. The predicted molar refractivity (Wildman–Crippen MR) is 76.6 cm³/mol. The lowest BCUT2D eigenvalue weighted by Gasteiger charge is -2.37. The van der Waals surface area contributed by atoms with Crippen LogP contribution in [0.3, 0.4) is 0 Å². The Bertz CT molecular complexity index is 328. The molecule has 0 bridgehead atoms. The van der Waals surface area contributed by atoms with Crippen molar-refractivity contribution in [3.8, 4) is 0 Å². The van der Waals surface area contributed by atoms with Crippen molar-refractivity contribution in [3.63, 3.8) is 0 Å². The zero-order chi connectivity index (χ0) is 12.1. The smallest absolute Gasteiger partial charge is 0.0473 e. The van der Waals surface area contributed by atoms with Gasteiger partial charge in [0, 0.05) is 37.5 Å². The van der Waals surface area contributed by atoms with Crippen molar-refractivity contribution in [1.29, 1.82) is 0 Å². The summed E-state index contributed by atoms with van der Waals surface area (Å²) in [4.78, 5) is 2.62. The highest BCUT2D eigenvalue weighted by molar-refractivity contribution is 7.99. The van der Waals surface area contributed by atoms with Crippen LogP contribution in [0.4, 0.5) is 0 Å². The lowest BCUT2D eigenvalue weighted by Crippen LogP contribution is -2.47. The summed E-state index contributed by atoms with van der Waals surface area (Å²) < 4.78 is 0. The fraction of sp³-hybridized carbons (Fsp3) is 0.571. The first-order valence-electron chi connectivity index (χ1n) is 6.33. The molecule has 1 heterocycles. The number of benzene rings is 1. The minimum absolute atomic E-state index is 0.541. The van der Waals surface area contributed by atoms with Gasteiger partial charge in [0.15, 0.2) is 0 Å². The summed E-state index contributed by atoms with van der Waals surface area (Å²) >= 11 is 1.95. The molecule has 0 amide bonds. The van der Waals surface area contributed by atoms with E-state index in [9.17, 15) is 0 Å². The third-order valence-electron chi connectivity index (χ3n) is 3.43. The van der Waals surface area contributed by atoms with Crippen molar-refractivity contribution in [2.24, 2.45) is 0 Å². The molecule has 3 heteroatoms. The normalized spacial score (nSPS) is 23.5. The number of hydrogen-bond acceptors (Lipinski definition) is 3. The number of nitrogens with zero attached hydrogens (tertiary/aromatic N) is 1. The van der Waals surface area contributed by atoms with Crippen LogP contribution in [-0.4, -0.2) is 42.6 Å². The standard InChI is InChI=1S/C14H22N2S/c1-12(17-2)11-16-9-8-15-10-14(16)13-6-4-3-5-7-13/h3-7,12,14-15H,8-11H2,1-2H3. The van der Waals surface area contributed by atoms with Gasteiger partial charge >= 0.3 is 0 Å². The van der Waals surface area contributed by atoms with E-state index >= 15 is 0 Å². The number of thioether (sulfide) groups is 1. The molecular weight excluding hydrogens is 228 g/mol. The number of hydrogen-bond donors (Lipinski definition) is 1. The average molecular weight is 250 g/mol. The molecule has 0 radical (unpaired) electrons. The molecule has 2 atom stereocenters. The molecule has 1 fully saturated rings. The minimum Gasteiger partial charge on any atom is -0.314 e. The van der Waals surface area contributed by atoms with Gasteiger partial charge < -0.3 is 5.32 Å². The molecule has 17 heavy (non-hydrogen) atoms. The maximum Gasteiger partial charge on any atom is 0.0473 e. The molecule has 0 aromatic heterocycles. The highest BCUT2D eigenvalue weighted by Crippen LogP contribution is 2.23. The quantitative estimate of drug-likeness (QED) is 0.883. The fourth-order valence-electron chi connectivity index (χ4n) is 2.37. The van der Waals surface area contributed by atoms with Crippen molar-refractivity contribution in [1.82, 2.24) is 10.2 Å². The molecule has 2 nitrogen and oxygen atoms in total. The Labute approximate surface area is 109 Å². The van der Waals surface area contributed by atoms with E-state index in [0.717, 1.165) is 19.6 Å². The molecule has 1 aliphatic rings. The van der Waals surface area contributed by atoms with Gasteiger partial charge in [-0.05, 0) is 11.8 Å². The molecule has 2 rings (SSSR count). The fourth-order valence-corrected chi connectivity index (χ4v) is 2.71. The van der Waals surface area contributed by atoms with E-state index in [1.165, 1.54) is 12.1 Å². The first-order chi connectivity index (χ1) is 8.31. The minimum atomic E-state index is 0.541. The van der Waals surface area contributed by atoms with Gasteiger partial charge in [0.05, 0.1) is 0 Å². The molecule has 0 saturated carbocycles. The van der Waals surface area contributed by atoms with Crippen LogP contribution in [0.5, 0.6) is 0 Å². The second-order valence-corrected chi connectivity index (χ2v) is 5.95. The molecule has 1 aromatic rings. The monoisotopic (exact) mass is 250 g/mol. The molecule has 94 valence electrons. The SMILES string of the molecule is CSC(C)CN1CCNCC1c1ccccc1. The Morgan fingerprint density at radius 1 is 1.41 bits per heavy atom. The van der Waals surface area contributed by atoms with Crippen molar-refractivity contribution >= 4 is 11.8 Å². The zero-order valence-electron chi connectivity index (χ0n) is 10.7. The Balaban J connectivity index is 2.07. The number of piperazine rings is 1. The summed E-state index contributed by atoms with van der Waals surface area (Å²) in [6.45, 7) is 6.84. The molecule has 1 saturated heterocycles. The highest BCUT2D eigenvalue weighted by atomic mass is 32.2. The van der Waals surface area contributed by atoms with Crippen LogP contribution >= 0.6 is 11.8 Å². The van der Waals surface area contributed by atoms with Gasteiger partial charge in [-0.2, -0.15) is 11.8 Å². The van der Waals surface area contributed by atoms with Crippen LogP contribution in [0.25, 0.3) is 0 Å². The van der Waals surface area contributed by atoms with Crippen molar-refractivity contribution in [2.75, 3.05) is 32.4 Å². The summed E-state index contributed by atoms with van der Waals surface area (Å²) in [7, 11) is 0. The third-order valence-corrected chi connectivity index (χ3v) is 4.39. The van der Waals surface area contributed by atoms with E-state index in [0.29, 0.717) is 11.3 Å². The lowest BCUT2D eigenvalue weighted by atomic mass is 10.0. The van der Waals surface area contributed by atoms with Crippen molar-refractivity contribution in [2.45, 2.75) is 18.2 Å². The Hall–Kier alpha value is -0.510. The molecule has 0 spiro atoms. The van der Waals surface area contributed by atoms with E-state index in [1.54, 1.807) is 0 Å². The van der Waals surface area contributed by atoms with Crippen LogP contribution in [-0.2, 0) is 0 Å². The van der Waals surface area contributed by atoms with E-state index in [4.69, 9.17) is 0 Å². The first kappa shape index (κ1) is 12.9. The van der Waals surface area contributed by atoms with Gasteiger partial charge in [-0.1, -0.05) is 37.3 Å². The van der Waals surface area contributed by atoms with Crippen LogP contribution in [0, 0.1) is 0 Å². The second kappa shape index (κ2) is 6.43.